The number of ketones is 1. The Kier molecular flexibility index (Phi) is 6.06. The summed E-state index contributed by atoms with van der Waals surface area (Å²) in [4.78, 5) is 21.8. The van der Waals surface area contributed by atoms with Crippen LogP contribution in [0.1, 0.15) is 12.5 Å². The molecule has 0 radical (unpaired) electrons. The zero-order valence-corrected chi connectivity index (χ0v) is 12.1. The van der Waals surface area contributed by atoms with Gasteiger partial charge >= 0.3 is 0 Å². The van der Waals surface area contributed by atoms with Crippen molar-refractivity contribution in [2.45, 2.75) is 19.4 Å². The van der Waals surface area contributed by atoms with Crippen LogP contribution < -0.4 is 14.0 Å². The largest absolute Gasteiger partial charge is 0.486 e. The SMILES string of the molecule is CC(=O)COc1ccc(C[C@H](NI)C(N)=O)cc1. The first kappa shape index (κ1) is 14.9. The van der Waals surface area contributed by atoms with Crippen LogP contribution in [0.5, 0.6) is 5.75 Å². The summed E-state index contributed by atoms with van der Waals surface area (Å²) in [6.07, 6.45) is 0.519. The minimum atomic E-state index is -0.394. The first-order valence-corrected chi connectivity index (χ1v) is 6.47. The number of ether oxygens (including phenoxy) is 1. The maximum Gasteiger partial charge on any atom is 0.235 e. The van der Waals surface area contributed by atoms with Gasteiger partial charge in [-0.15, -0.1) is 0 Å². The first-order valence-electron chi connectivity index (χ1n) is 5.39. The highest BCUT2D eigenvalue weighted by atomic mass is 127. The van der Waals surface area contributed by atoms with Gasteiger partial charge in [-0.05, 0) is 31.0 Å². The Morgan fingerprint density at radius 2 is 2.00 bits per heavy atom. The van der Waals surface area contributed by atoms with Gasteiger partial charge in [-0.3, -0.25) is 9.59 Å². The molecule has 0 saturated heterocycles. The number of carbonyl (C=O) groups is 2. The second-order valence-corrected chi connectivity index (χ2v) is 4.53. The lowest BCUT2D eigenvalue weighted by Gasteiger charge is -2.11. The van der Waals surface area contributed by atoms with E-state index in [4.69, 9.17) is 10.5 Å². The molecule has 0 heterocycles. The normalized spacial score (nSPS) is 11.9. The molecule has 0 aliphatic rings. The molecule has 6 heteroatoms. The van der Waals surface area contributed by atoms with E-state index >= 15 is 0 Å². The number of rotatable bonds is 7. The Bertz CT molecular complexity index is 420. The van der Waals surface area contributed by atoms with Gasteiger partial charge < -0.3 is 10.5 Å². The third-order valence-corrected chi connectivity index (χ3v) is 3.03. The van der Waals surface area contributed by atoms with Crippen LogP contribution in [0.25, 0.3) is 0 Å². The molecule has 0 spiro atoms. The average molecular weight is 362 g/mol. The van der Waals surface area contributed by atoms with Gasteiger partial charge in [-0.25, -0.2) is 3.53 Å². The van der Waals surface area contributed by atoms with Gasteiger partial charge in [-0.2, -0.15) is 0 Å². The van der Waals surface area contributed by atoms with E-state index in [1.54, 1.807) is 12.1 Å². The molecule has 1 aromatic carbocycles. The molecule has 0 aliphatic carbocycles. The molecule has 0 aromatic heterocycles. The maximum absolute atomic E-state index is 11.1. The molecule has 0 aliphatic heterocycles. The Morgan fingerprint density at radius 1 is 1.39 bits per heavy atom. The number of nitrogens with two attached hydrogens (primary N) is 1. The van der Waals surface area contributed by atoms with E-state index in [-0.39, 0.29) is 18.3 Å². The van der Waals surface area contributed by atoms with Gasteiger partial charge in [0.05, 0.1) is 6.04 Å². The molecule has 0 bridgehead atoms. The lowest BCUT2D eigenvalue weighted by molar-refractivity contribution is -0.120. The Hall–Kier alpha value is -1.15. The number of benzene rings is 1. The molecule has 1 amide bonds. The molecule has 18 heavy (non-hydrogen) atoms. The molecule has 1 rings (SSSR count). The first-order chi connectivity index (χ1) is 8.52. The van der Waals surface area contributed by atoms with Crippen LogP contribution in [0.3, 0.4) is 0 Å². The highest BCUT2D eigenvalue weighted by Gasteiger charge is 2.13. The van der Waals surface area contributed by atoms with Gasteiger partial charge in [0.2, 0.25) is 5.91 Å². The van der Waals surface area contributed by atoms with Crippen molar-refractivity contribution in [2.24, 2.45) is 5.73 Å². The van der Waals surface area contributed by atoms with Gasteiger partial charge in [-0.1, -0.05) is 12.1 Å². The predicted octanol–water partition coefficient (Wildman–Crippen LogP) is 0.990. The van der Waals surface area contributed by atoms with E-state index in [0.717, 1.165) is 5.56 Å². The molecule has 98 valence electrons. The molecular weight excluding hydrogens is 347 g/mol. The minimum absolute atomic E-state index is 0.0259. The van der Waals surface area contributed by atoms with Crippen LogP contribution >= 0.6 is 22.9 Å². The number of primary amides is 1. The summed E-state index contributed by atoms with van der Waals surface area (Å²) in [6.45, 7) is 1.54. The van der Waals surface area contributed by atoms with Gasteiger partial charge in [0, 0.05) is 22.9 Å². The summed E-state index contributed by atoms with van der Waals surface area (Å²) >= 11 is 1.91. The molecular formula is C12H15IN2O3. The summed E-state index contributed by atoms with van der Waals surface area (Å²) in [6, 6.07) is 6.83. The predicted molar refractivity (Wildman–Crippen MR) is 76.5 cm³/mol. The Balaban J connectivity index is 2.59. The second-order valence-electron chi connectivity index (χ2n) is 3.90. The van der Waals surface area contributed by atoms with Crippen molar-refractivity contribution >= 4 is 34.6 Å². The number of hydrogen-bond acceptors (Lipinski definition) is 4. The van der Waals surface area contributed by atoms with Crippen LogP contribution in [0.4, 0.5) is 0 Å². The summed E-state index contributed by atoms with van der Waals surface area (Å²) in [5.74, 6) is 0.218. The Morgan fingerprint density at radius 3 is 2.44 bits per heavy atom. The van der Waals surface area contributed by atoms with E-state index in [1.165, 1.54) is 6.92 Å². The van der Waals surface area contributed by atoms with Crippen LogP contribution in [0.2, 0.25) is 0 Å². The van der Waals surface area contributed by atoms with Crippen molar-refractivity contribution in [1.29, 1.82) is 0 Å². The summed E-state index contributed by atoms with van der Waals surface area (Å²) in [7, 11) is 0. The topological polar surface area (TPSA) is 81.4 Å². The second kappa shape index (κ2) is 7.32. The third kappa shape index (κ3) is 5.01. The van der Waals surface area contributed by atoms with Crippen molar-refractivity contribution < 1.29 is 14.3 Å². The van der Waals surface area contributed by atoms with Gasteiger partial charge in [0.1, 0.15) is 12.4 Å². The molecule has 3 N–H and O–H groups in total. The average Bonchev–Trinajstić information content (AvgIpc) is 2.34. The van der Waals surface area contributed by atoms with E-state index in [2.05, 4.69) is 3.53 Å². The van der Waals surface area contributed by atoms with Gasteiger partial charge in [0.25, 0.3) is 0 Å². The summed E-state index contributed by atoms with van der Waals surface area (Å²) in [5, 5.41) is 0. The fourth-order valence-electron chi connectivity index (χ4n) is 1.34. The zero-order chi connectivity index (χ0) is 13.5. The van der Waals surface area contributed by atoms with Crippen molar-refractivity contribution in [3.05, 3.63) is 29.8 Å². The smallest absolute Gasteiger partial charge is 0.235 e. The van der Waals surface area contributed by atoms with Crippen LogP contribution in [0, 0.1) is 0 Å². The van der Waals surface area contributed by atoms with Crippen LogP contribution in [0.15, 0.2) is 24.3 Å². The van der Waals surface area contributed by atoms with E-state index < -0.39 is 6.04 Å². The number of nitrogens with one attached hydrogen (secondary N) is 1. The Labute approximate surface area is 120 Å². The molecule has 0 unspecified atom stereocenters. The number of hydrogen-bond donors (Lipinski definition) is 2. The van der Waals surface area contributed by atoms with Crippen molar-refractivity contribution in [2.75, 3.05) is 6.61 Å². The van der Waals surface area contributed by atoms with Crippen molar-refractivity contribution in [3.8, 4) is 5.75 Å². The molecule has 5 nitrogen and oxygen atoms in total. The highest BCUT2D eigenvalue weighted by Crippen LogP contribution is 2.13. The lowest BCUT2D eigenvalue weighted by atomic mass is 10.1. The summed E-state index contributed by atoms with van der Waals surface area (Å²) < 4.78 is 8.07. The molecule has 1 atom stereocenters. The standard InChI is InChI=1S/C12H15IN2O3/c1-8(16)7-18-10-4-2-9(3-5-10)6-11(15-13)12(14)17/h2-5,11,15H,6-7H2,1H3,(H2,14,17)/t11-/m0/s1. The molecule has 1 aromatic rings. The minimum Gasteiger partial charge on any atom is -0.486 e. The number of carbonyl (C=O) groups excluding carboxylic acids is 2. The quantitative estimate of drug-likeness (QED) is 0.560. The van der Waals surface area contributed by atoms with Crippen LogP contribution in [-0.2, 0) is 16.0 Å². The fourth-order valence-corrected chi connectivity index (χ4v) is 1.86. The van der Waals surface area contributed by atoms with Crippen molar-refractivity contribution in [3.63, 3.8) is 0 Å². The zero-order valence-electron chi connectivity index (χ0n) is 9.98. The summed E-state index contributed by atoms with van der Waals surface area (Å²) in [5.41, 5.74) is 6.21. The van der Waals surface area contributed by atoms with Crippen molar-refractivity contribution in [1.82, 2.24) is 3.53 Å². The van der Waals surface area contributed by atoms with Gasteiger partial charge in [0.15, 0.2) is 5.78 Å². The number of halogens is 1. The lowest BCUT2D eigenvalue weighted by Crippen LogP contribution is -2.38. The number of amides is 1. The van der Waals surface area contributed by atoms with Crippen LogP contribution in [-0.4, -0.2) is 24.3 Å². The van der Waals surface area contributed by atoms with E-state index in [9.17, 15) is 9.59 Å². The maximum atomic E-state index is 11.1. The molecule has 0 saturated carbocycles. The van der Waals surface area contributed by atoms with E-state index in [1.807, 2.05) is 35.0 Å². The number of Topliss-reactive ketones (excluding diaryl/α,β-unsaturated/α-hetero) is 1. The van der Waals surface area contributed by atoms with E-state index in [0.29, 0.717) is 12.2 Å². The molecule has 0 fully saturated rings. The fraction of sp³-hybridized carbons (Fsp3) is 0.333. The third-order valence-electron chi connectivity index (χ3n) is 2.28. The highest BCUT2D eigenvalue weighted by molar-refractivity contribution is 14.1. The monoisotopic (exact) mass is 362 g/mol.